The standard InChI is InChI=1S/C19H14N4O2/c1-12-5-4-8-15(21-12)13-6-2-3-7-14(13)16-9-10-18-20-11-17(19(24)25)23(18)22-16/h2-11H,1H3,(H,24,25). The lowest BCUT2D eigenvalue weighted by molar-refractivity contribution is 0.0688. The Labute approximate surface area is 143 Å². The van der Waals surface area contributed by atoms with E-state index in [1.807, 2.05) is 55.5 Å². The van der Waals surface area contributed by atoms with Crippen molar-refractivity contribution in [3.8, 4) is 22.5 Å². The lowest BCUT2D eigenvalue weighted by atomic mass is 10.0. The van der Waals surface area contributed by atoms with Crippen LogP contribution in [0, 0.1) is 6.92 Å². The molecule has 3 aromatic heterocycles. The maximum Gasteiger partial charge on any atom is 0.356 e. The molecule has 0 bridgehead atoms. The fourth-order valence-electron chi connectivity index (χ4n) is 2.79. The van der Waals surface area contributed by atoms with Gasteiger partial charge in [-0.25, -0.2) is 14.3 Å². The number of carboxylic acid groups (broad SMARTS) is 1. The van der Waals surface area contributed by atoms with Crippen LogP contribution in [-0.2, 0) is 0 Å². The van der Waals surface area contributed by atoms with Crippen LogP contribution < -0.4 is 0 Å². The van der Waals surface area contributed by atoms with Crippen LogP contribution in [0.4, 0.5) is 0 Å². The summed E-state index contributed by atoms with van der Waals surface area (Å²) in [5, 5.41) is 13.8. The van der Waals surface area contributed by atoms with Crippen molar-refractivity contribution in [1.82, 2.24) is 19.6 Å². The highest BCUT2D eigenvalue weighted by Crippen LogP contribution is 2.30. The van der Waals surface area contributed by atoms with Crippen molar-refractivity contribution in [3.63, 3.8) is 0 Å². The average molecular weight is 330 g/mol. The topological polar surface area (TPSA) is 80.4 Å². The zero-order valence-electron chi connectivity index (χ0n) is 13.4. The summed E-state index contributed by atoms with van der Waals surface area (Å²) in [4.78, 5) is 20.0. The Morgan fingerprint density at radius 3 is 2.44 bits per heavy atom. The molecule has 0 saturated carbocycles. The second-order valence-electron chi connectivity index (χ2n) is 5.65. The Morgan fingerprint density at radius 1 is 0.960 bits per heavy atom. The van der Waals surface area contributed by atoms with Crippen molar-refractivity contribution in [1.29, 1.82) is 0 Å². The van der Waals surface area contributed by atoms with Crippen molar-refractivity contribution in [2.24, 2.45) is 0 Å². The van der Waals surface area contributed by atoms with E-state index < -0.39 is 5.97 Å². The number of imidazole rings is 1. The molecule has 122 valence electrons. The van der Waals surface area contributed by atoms with Crippen molar-refractivity contribution in [2.45, 2.75) is 6.92 Å². The van der Waals surface area contributed by atoms with Gasteiger partial charge in [-0.3, -0.25) is 4.98 Å². The molecule has 3 heterocycles. The van der Waals surface area contributed by atoms with Crippen LogP contribution in [0.1, 0.15) is 16.2 Å². The summed E-state index contributed by atoms with van der Waals surface area (Å²) in [5.41, 5.74) is 4.78. The highest BCUT2D eigenvalue weighted by molar-refractivity contribution is 5.86. The molecule has 0 aliphatic rings. The molecule has 6 heteroatoms. The van der Waals surface area contributed by atoms with Gasteiger partial charge >= 0.3 is 5.97 Å². The number of aromatic nitrogens is 4. The fraction of sp³-hybridized carbons (Fsp3) is 0.0526. The first-order valence-corrected chi connectivity index (χ1v) is 7.75. The second kappa shape index (κ2) is 5.83. The van der Waals surface area contributed by atoms with Gasteiger partial charge in [0.1, 0.15) is 0 Å². The molecule has 0 unspecified atom stereocenters. The van der Waals surface area contributed by atoms with E-state index in [1.54, 1.807) is 6.07 Å². The van der Waals surface area contributed by atoms with E-state index in [1.165, 1.54) is 10.7 Å². The van der Waals surface area contributed by atoms with Gasteiger partial charge in [0, 0.05) is 16.8 Å². The summed E-state index contributed by atoms with van der Waals surface area (Å²) < 4.78 is 1.35. The van der Waals surface area contributed by atoms with Crippen LogP contribution >= 0.6 is 0 Å². The number of aromatic carboxylic acids is 1. The van der Waals surface area contributed by atoms with Crippen LogP contribution in [0.5, 0.6) is 0 Å². The number of aryl methyl sites for hydroxylation is 1. The molecule has 4 rings (SSSR count). The van der Waals surface area contributed by atoms with Gasteiger partial charge in [-0.2, -0.15) is 5.10 Å². The Hall–Kier alpha value is -3.54. The summed E-state index contributed by atoms with van der Waals surface area (Å²) in [5.74, 6) is -1.06. The lowest BCUT2D eigenvalue weighted by Gasteiger charge is -2.09. The predicted molar refractivity (Wildman–Crippen MR) is 93.4 cm³/mol. The summed E-state index contributed by atoms with van der Waals surface area (Å²) in [6.07, 6.45) is 1.31. The molecule has 0 atom stereocenters. The molecule has 6 nitrogen and oxygen atoms in total. The number of carbonyl (C=O) groups is 1. The van der Waals surface area contributed by atoms with Gasteiger partial charge in [-0.05, 0) is 31.2 Å². The monoisotopic (exact) mass is 330 g/mol. The maximum absolute atomic E-state index is 11.3. The first-order valence-electron chi connectivity index (χ1n) is 7.75. The third-order valence-corrected chi connectivity index (χ3v) is 3.95. The number of benzene rings is 1. The summed E-state index contributed by atoms with van der Waals surface area (Å²) >= 11 is 0. The number of hydrogen-bond acceptors (Lipinski definition) is 4. The number of carboxylic acids is 1. The van der Waals surface area contributed by atoms with Crippen LogP contribution in [0.25, 0.3) is 28.2 Å². The Kier molecular flexibility index (Phi) is 3.50. The van der Waals surface area contributed by atoms with Crippen LogP contribution in [0.15, 0.2) is 60.8 Å². The van der Waals surface area contributed by atoms with E-state index >= 15 is 0 Å². The summed E-state index contributed by atoms with van der Waals surface area (Å²) in [7, 11) is 0. The van der Waals surface area contributed by atoms with E-state index in [2.05, 4.69) is 15.1 Å². The molecule has 0 aliphatic carbocycles. The lowest BCUT2D eigenvalue weighted by Crippen LogP contribution is -2.05. The number of nitrogens with zero attached hydrogens (tertiary/aromatic N) is 4. The van der Waals surface area contributed by atoms with Crippen molar-refractivity contribution < 1.29 is 9.90 Å². The van der Waals surface area contributed by atoms with Gasteiger partial charge in [0.05, 0.1) is 17.6 Å². The smallest absolute Gasteiger partial charge is 0.356 e. The van der Waals surface area contributed by atoms with Gasteiger partial charge in [0.15, 0.2) is 11.3 Å². The van der Waals surface area contributed by atoms with E-state index in [9.17, 15) is 9.90 Å². The first-order chi connectivity index (χ1) is 12.1. The molecule has 1 aromatic carbocycles. The molecule has 0 amide bonds. The van der Waals surface area contributed by atoms with Crippen molar-refractivity contribution in [3.05, 3.63) is 72.2 Å². The maximum atomic E-state index is 11.3. The van der Waals surface area contributed by atoms with Gasteiger partial charge < -0.3 is 5.11 Å². The van der Waals surface area contributed by atoms with Gasteiger partial charge in [-0.1, -0.05) is 30.3 Å². The van der Waals surface area contributed by atoms with E-state index in [4.69, 9.17) is 0 Å². The second-order valence-corrected chi connectivity index (χ2v) is 5.65. The Bertz CT molecular complexity index is 1100. The number of fused-ring (bicyclic) bond motifs is 1. The van der Waals surface area contributed by atoms with Crippen LogP contribution in [0.3, 0.4) is 0 Å². The molecule has 0 radical (unpaired) electrons. The van der Waals surface area contributed by atoms with E-state index in [0.29, 0.717) is 11.3 Å². The zero-order chi connectivity index (χ0) is 17.4. The summed E-state index contributed by atoms with van der Waals surface area (Å²) in [6, 6.07) is 17.3. The minimum atomic E-state index is -1.06. The molecule has 1 N–H and O–H groups in total. The fourth-order valence-corrected chi connectivity index (χ4v) is 2.79. The minimum Gasteiger partial charge on any atom is -0.476 e. The highest BCUT2D eigenvalue weighted by Gasteiger charge is 2.14. The van der Waals surface area contributed by atoms with Crippen LogP contribution in [0.2, 0.25) is 0 Å². The number of rotatable bonds is 3. The molecule has 0 saturated heterocycles. The molecule has 0 fully saturated rings. The van der Waals surface area contributed by atoms with Gasteiger partial charge in [0.2, 0.25) is 0 Å². The third kappa shape index (κ3) is 2.63. The number of hydrogen-bond donors (Lipinski definition) is 1. The quantitative estimate of drug-likeness (QED) is 0.622. The highest BCUT2D eigenvalue weighted by atomic mass is 16.4. The third-order valence-electron chi connectivity index (χ3n) is 3.95. The average Bonchev–Trinajstić information content (AvgIpc) is 3.05. The molecular weight excluding hydrogens is 316 g/mol. The number of pyridine rings is 1. The van der Waals surface area contributed by atoms with Crippen molar-refractivity contribution in [2.75, 3.05) is 0 Å². The largest absolute Gasteiger partial charge is 0.476 e. The Morgan fingerprint density at radius 2 is 1.72 bits per heavy atom. The van der Waals surface area contributed by atoms with Gasteiger partial charge in [0.25, 0.3) is 0 Å². The predicted octanol–water partition coefficient (Wildman–Crippen LogP) is 3.46. The molecule has 25 heavy (non-hydrogen) atoms. The molecule has 0 spiro atoms. The van der Waals surface area contributed by atoms with Crippen molar-refractivity contribution >= 4 is 11.6 Å². The molecule has 4 aromatic rings. The normalized spacial score (nSPS) is 10.9. The Balaban J connectivity index is 1.92. The summed E-state index contributed by atoms with van der Waals surface area (Å²) in [6.45, 7) is 1.95. The van der Waals surface area contributed by atoms with E-state index in [-0.39, 0.29) is 5.69 Å². The molecular formula is C19H14N4O2. The SMILES string of the molecule is Cc1cccc(-c2ccccc2-c2ccc3ncc(C(=O)O)n3n2)n1. The molecule has 0 aliphatic heterocycles. The van der Waals surface area contributed by atoms with E-state index in [0.717, 1.165) is 22.5 Å². The van der Waals surface area contributed by atoms with Gasteiger partial charge in [-0.15, -0.1) is 0 Å². The minimum absolute atomic E-state index is 0.0306. The van der Waals surface area contributed by atoms with Crippen LogP contribution in [-0.4, -0.2) is 30.7 Å². The first kappa shape index (κ1) is 15.0. The zero-order valence-corrected chi connectivity index (χ0v) is 13.4.